The monoisotopic (exact) mass is 667 g/mol. The van der Waals surface area contributed by atoms with Crippen molar-refractivity contribution in [1.29, 1.82) is 0 Å². The highest BCUT2D eigenvalue weighted by Gasteiger charge is 2.41. The van der Waals surface area contributed by atoms with Gasteiger partial charge in [0, 0.05) is 29.8 Å². The molecule has 51 heavy (non-hydrogen) atoms. The van der Waals surface area contributed by atoms with Gasteiger partial charge in [-0.05, 0) is 46.0 Å². The summed E-state index contributed by atoms with van der Waals surface area (Å²) < 4.78 is 2.22. The highest BCUT2D eigenvalue weighted by molar-refractivity contribution is 6.34. The minimum Gasteiger partial charge on any atom is -0.324 e. The van der Waals surface area contributed by atoms with Crippen LogP contribution in [0.2, 0.25) is 0 Å². The first-order chi connectivity index (χ1) is 25.1. The predicted octanol–water partition coefficient (Wildman–Crippen LogP) is 8.26. The molecule has 0 spiro atoms. The summed E-state index contributed by atoms with van der Waals surface area (Å²) in [5.74, 6) is 1.44. The van der Waals surface area contributed by atoms with E-state index < -0.39 is 5.54 Å². The summed E-state index contributed by atoms with van der Waals surface area (Å²) in [6.07, 6.45) is 6.80. The second-order valence-corrected chi connectivity index (χ2v) is 12.8. The summed E-state index contributed by atoms with van der Waals surface area (Å²) >= 11 is 0. The van der Waals surface area contributed by atoms with Gasteiger partial charge < -0.3 is 9.88 Å². The summed E-state index contributed by atoms with van der Waals surface area (Å²) in [5.41, 5.74) is 7.52. The molecular weight excluding hydrogens is 631 g/mol. The zero-order valence-electron chi connectivity index (χ0n) is 28.4. The summed E-state index contributed by atoms with van der Waals surface area (Å²) in [6.45, 7) is 2.80. The molecule has 1 N–H and O–H groups in total. The van der Waals surface area contributed by atoms with Gasteiger partial charge in [-0.1, -0.05) is 147 Å². The molecule has 7 aromatic rings. The van der Waals surface area contributed by atoms with Crippen LogP contribution in [-0.2, 0) is 23.3 Å². The first-order valence-corrected chi connectivity index (χ1v) is 17.4. The number of imidazole rings is 1. The number of unbranched alkanes of at least 4 members (excludes halogenated alkanes) is 1. The van der Waals surface area contributed by atoms with Gasteiger partial charge in [0.1, 0.15) is 5.82 Å². The fourth-order valence-electron chi connectivity index (χ4n) is 6.99. The number of hydrogen-bond donors (Lipinski definition) is 1. The maximum Gasteiger partial charge on any atom is 0.256 e. The molecule has 5 aromatic carbocycles. The van der Waals surface area contributed by atoms with Gasteiger partial charge >= 0.3 is 0 Å². The van der Waals surface area contributed by atoms with Crippen LogP contribution in [0.5, 0.6) is 0 Å². The molecule has 8 rings (SSSR count). The lowest BCUT2D eigenvalue weighted by Crippen LogP contribution is -2.39. The Morgan fingerprint density at radius 1 is 0.745 bits per heavy atom. The molecule has 1 aliphatic rings. The number of anilines is 1. The van der Waals surface area contributed by atoms with Crippen molar-refractivity contribution < 1.29 is 4.79 Å². The summed E-state index contributed by atoms with van der Waals surface area (Å²) in [5, 5.41) is 17.4. The molecule has 250 valence electrons. The van der Waals surface area contributed by atoms with Gasteiger partial charge in [-0.3, -0.25) is 4.79 Å². The number of nitrogens with zero attached hydrogens (tertiary/aromatic N) is 6. The lowest BCUT2D eigenvalue weighted by Gasteiger charge is -2.34. The third kappa shape index (κ3) is 5.95. The molecule has 0 atom stereocenters. The maximum atomic E-state index is 12.9. The number of para-hydroxylation sites is 1. The number of amides is 1. The Kier molecular flexibility index (Phi) is 8.64. The molecule has 2 aromatic heterocycles. The number of tetrazole rings is 1. The number of benzene rings is 5. The Bertz CT molecular complexity index is 2210. The first-order valence-electron chi connectivity index (χ1n) is 17.4. The fraction of sp³-hybridized carbons (Fsp3) is 0.140. The van der Waals surface area contributed by atoms with Crippen LogP contribution in [-0.4, -0.2) is 35.7 Å². The molecule has 0 fully saturated rings. The van der Waals surface area contributed by atoms with E-state index in [-0.39, 0.29) is 5.91 Å². The van der Waals surface area contributed by atoms with Crippen molar-refractivity contribution in [2.75, 3.05) is 5.32 Å². The van der Waals surface area contributed by atoms with Gasteiger partial charge in [0.25, 0.3) is 5.91 Å². The second kappa shape index (κ2) is 13.8. The van der Waals surface area contributed by atoms with Crippen molar-refractivity contribution in [2.45, 2.75) is 38.3 Å². The van der Waals surface area contributed by atoms with E-state index in [0.717, 1.165) is 69.8 Å². The van der Waals surface area contributed by atoms with Crippen molar-refractivity contribution >= 4 is 23.2 Å². The molecule has 0 aliphatic carbocycles. The number of aromatic nitrogens is 6. The molecule has 0 unspecified atom stereocenters. The lowest BCUT2D eigenvalue weighted by molar-refractivity contribution is -0.110. The summed E-state index contributed by atoms with van der Waals surface area (Å²) in [6, 6.07) is 47.1. The van der Waals surface area contributed by atoms with Crippen LogP contribution in [0.25, 0.3) is 23.0 Å². The van der Waals surface area contributed by atoms with Crippen molar-refractivity contribution in [3.05, 3.63) is 185 Å². The molecule has 8 nitrogen and oxygen atoms in total. The van der Waals surface area contributed by atoms with Gasteiger partial charge in [0.05, 0.1) is 17.5 Å². The molecular formula is C43H37N7O. The number of rotatable bonds is 11. The van der Waals surface area contributed by atoms with Crippen LogP contribution < -0.4 is 5.32 Å². The fourth-order valence-corrected chi connectivity index (χ4v) is 6.99. The van der Waals surface area contributed by atoms with Crippen molar-refractivity contribution in [2.24, 2.45) is 0 Å². The zero-order valence-corrected chi connectivity index (χ0v) is 28.4. The zero-order chi connectivity index (χ0) is 34.6. The quantitative estimate of drug-likeness (QED) is 0.111. The summed E-state index contributed by atoms with van der Waals surface area (Å²) in [7, 11) is 0. The number of carbonyl (C=O) groups is 1. The molecule has 3 heterocycles. The third-order valence-corrected chi connectivity index (χ3v) is 9.57. The maximum absolute atomic E-state index is 12.9. The highest BCUT2D eigenvalue weighted by Crippen LogP contribution is 2.40. The topological polar surface area (TPSA) is 90.5 Å². The van der Waals surface area contributed by atoms with Crippen LogP contribution in [0.15, 0.2) is 146 Å². The van der Waals surface area contributed by atoms with E-state index in [1.807, 2.05) is 103 Å². The number of fused-ring (bicyclic) bond motifs is 1. The van der Waals surface area contributed by atoms with Crippen molar-refractivity contribution in [3.8, 4) is 11.4 Å². The molecule has 0 bridgehead atoms. The molecule has 8 heteroatoms. The Morgan fingerprint density at radius 2 is 1.35 bits per heavy atom. The van der Waals surface area contributed by atoms with Gasteiger partial charge in [-0.15, -0.1) is 15.0 Å². The minimum atomic E-state index is -0.840. The van der Waals surface area contributed by atoms with Crippen LogP contribution >= 0.6 is 0 Å². The largest absolute Gasteiger partial charge is 0.324 e. The Morgan fingerprint density at radius 3 is 1.98 bits per heavy atom. The van der Waals surface area contributed by atoms with Crippen molar-refractivity contribution in [3.63, 3.8) is 0 Å². The Labute approximate surface area is 297 Å². The van der Waals surface area contributed by atoms with Crippen LogP contribution in [0.4, 0.5) is 5.69 Å². The number of nitrogens with one attached hydrogen (secondary N) is 1. The molecule has 0 radical (unpaired) electrons. The molecule has 1 aliphatic heterocycles. The second-order valence-electron chi connectivity index (χ2n) is 12.8. The predicted molar refractivity (Wildman–Crippen MR) is 201 cm³/mol. The number of hydrogen-bond acceptors (Lipinski definition) is 5. The number of carbonyl (C=O) groups excluding carboxylic acids is 1. The Hall–Kier alpha value is -6.41. The average Bonchev–Trinajstić information content (AvgIpc) is 3.91. The summed E-state index contributed by atoms with van der Waals surface area (Å²) in [4.78, 5) is 19.5. The van der Waals surface area contributed by atoms with E-state index in [4.69, 9.17) is 15.3 Å². The minimum absolute atomic E-state index is 0.0974. The SMILES string of the molecule is CCCCc1ncc(/C=C2/C(=O)Nc3ccccc32)n1Cc1ccc(-c2nnn(C(c3ccccc3)(c3ccccc3)c3ccccc3)n2)cc1. The van der Waals surface area contributed by atoms with E-state index in [9.17, 15) is 4.79 Å². The van der Waals surface area contributed by atoms with Crippen LogP contribution in [0, 0.1) is 0 Å². The van der Waals surface area contributed by atoms with Gasteiger partial charge in [0.2, 0.25) is 5.82 Å². The van der Waals surface area contributed by atoms with E-state index in [2.05, 4.69) is 70.4 Å². The standard InChI is InChI=1S/C43H37N7O/c1-2-3-23-40-44-29-36(28-38-37-21-13-14-22-39(37)45-42(38)51)49(40)30-31-24-26-32(27-25-31)41-46-48-50(47-41)43(33-15-7-4-8-16-33,34-17-9-5-10-18-34)35-19-11-6-12-20-35/h4-22,24-29H,2-3,23,30H2,1H3,(H,45,51)/b38-28+. The first kappa shape index (κ1) is 31.8. The van der Waals surface area contributed by atoms with Crippen LogP contribution in [0.3, 0.4) is 0 Å². The van der Waals surface area contributed by atoms with E-state index in [0.29, 0.717) is 17.9 Å². The van der Waals surface area contributed by atoms with Crippen LogP contribution in [0.1, 0.15) is 59.1 Å². The number of aryl methyl sites for hydroxylation is 1. The highest BCUT2D eigenvalue weighted by atomic mass is 16.2. The van der Waals surface area contributed by atoms with Gasteiger partial charge in [-0.25, -0.2) is 4.98 Å². The van der Waals surface area contributed by atoms with Crippen molar-refractivity contribution in [1.82, 2.24) is 29.8 Å². The lowest BCUT2D eigenvalue weighted by atomic mass is 9.77. The molecule has 0 saturated carbocycles. The third-order valence-electron chi connectivity index (χ3n) is 9.57. The average molecular weight is 668 g/mol. The van der Waals surface area contributed by atoms with Gasteiger partial charge in [0.15, 0.2) is 5.54 Å². The van der Waals surface area contributed by atoms with E-state index >= 15 is 0 Å². The smallest absolute Gasteiger partial charge is 0.256 e. The molecule has 1 amide bonds. The van der Waals surface area contributed by atoms with E-state index in [1.165, 1.54) is 0 Å². The van der Waals surface area contributed by atoms with E-state index in [1.54, 1.807) is 4.80 Å². The van der Waals surface area contributed by atoms with Gasteiger partial charge in [-0.2, -0.15) is 0 Å². The molecule has 0 saturated heterocycles. The Balaban J connectivity index is 1.14. The normalized spacial score (nSPS) is 13.4.